The van der Waals surface area contributed by atoms with E-state index in [4.69, 9.17) is 0 Å². The lowest BCUT2D eigenvalue weighted by Crippen LogP contribution is -2.35. The fourth-order valence-corrected chi connectivity index (χ4v) is 1.40. The van der Waals surface area contributed by atoms with Crippen molar-refractivity contribution in [3.05, 3.63) is 24.0 Å². The van der Waals surface area contributed by atoms with E-state index in [1.807, 2.05) is 19.3 Å². The second-order valence-electron chi connectivity index (χ2n) is 2.79. The van der Waals surface area contributed by atoms with Crippen molar-refractivity contribution in [3.8, 4) is 0 Å². The zero-order valence-electron chi connectivity index (χ0n) is 8.54. The van der Waals surface area contributed by atoms with E-state index in [1.165, 1.54) is 5.69 Å². The summed E-state index contributed by atoms with van der Waals surface area (Å²) in [6.45, 7) is 5.17. The largest absolute Gasteiger partial charge is 0.307 e. The summed E-state index contributed by atoms with van der Waals surface area (Å²) in [5.41, 5.74) is 5.45. The van der Waals surface area contributed by atoms with Gasteiger partial charge in [0, 0.05) is 19.8 Å². The van der Waals surface area contributed by atoms with Crippen molar-refractivity contribution in [2.75, 3.05) is 18.6 Å². The lowest BCUT2D eigenvalue weighted by atomic mass is 10.2. The quantitative estimate of drug-likeness (QED) is 0.712. The predicted octanol–water partition coefficient (Wildman–Crippen LogP) is 1.60. The first-order valence-electron chi connectivity index (χ1n) is 4.72. The molecule has 0 fully saturated rings. The van der Waals surface area contributed by atoms with Crippen molar-refractivity contribution >= 4 is 5.69 Å². The molecule has 0 saturated carbocycles. The van der Waals surface area contributed by atoms with E-state index in [1.54, 1.807) is 0 Å². The van der Waals surface area contributed by atoms with Crippen LogP contribution in [-0.2, 0) is 6.42 Å². The first-order valence-corrected chi connectivity index (χ1v) is 4.72. The van der Waals surface area contributed by atoms with Crippen LogP contribution in [0.4, 0.5) is 5.69 Å². The van der Waals surface area contributed by atoms with Gasteiger partial charge < -0.3 is 5.01 Å². The van der Waals surface area contributed by atoms with Crippen LogP contribution in [0.15, 0.2) is 18.3 Å². The Morgan fingerprint density at radius 2 is 2.23 bits per heavy atom. The standard InChI is InChI=1S/C10H17N3/c1-4-9-10(7-6-8-12-9)13(5-2)11-3/h6-8,11H,4-5H2,1-3H3. The van der Waals surface area contributed by atoms with Crippen molar-refractivity contribution in [1.82, 2.24) is 10.4 Å². The molecule has 72 valence electrons. The second kappa shape index (κ2) is 4.82. The van der Waals surface area contributed by atoms with Gasteiger partial charge >= 0.3 is 0 Å². The van der Waals surface area contributed by atoms with E-state index in [9.17, 15) is 0 Å². The fourth-order valence-electron chi connectivity index (χ4n) is 1.40. The number of hydrogen-bond donors (Lipinski definition) is 1. The van der Waals surface area contributed by atoms with E-state index in [0.717, 1.165) is 18.7 Å². The summed E-state index contributed by atoms with van der Waals surface area (Å²) >= 11 is 0. The van der Waals surface area contributed by atoms with Gasteiger partial charge in [-0.15, -0.1) is 0 Å². The molecule has 3 heteroatoms. The molecular weight excluding hydrogens is 162 g/mol. The van der Waals surface area contributed by atoms with E-state index < -0.39 is 0 Å². The smallest absolute Gasteiger partial charge is 0.0734 e. The molecule has 1 rings (SSSR count). The first-order chi connectivity index (χ1) is 6.33. The van der Waals surface area contributed by atoms with Crippen molar-refractivity contribution in [3.63, 3.8) is 0 Å². The molecular formula is C10H17N3. The maximum Gasteiger partial charge on any atom is 0.0734 e. The normalized spacial score (nSPS) is 10.1. The van der Waals surface area contributed by atoms with Crippen LogP contribution in [0.25, 0.3) is 0 Å². The average molecular weight is 179 g/mol. The summed E-state index contributed by atoms with van der Waals surface area (Å²) in [5, 5.41) is 2.09. The third-order valence-electron chi connectivity index (χ3n) is 2.08. The monoisotopic (exact) mass is 179 g/mol. The summed E-state index contributed by atoms with van der Waals surface area (Å²) in [6.07, 6.45) is 2.81. The molecule has 0 aromatic carbocycles. The Morgan fingerprint density at radius 1 is 1.46 bits per heavy atom. The molecule has 0 aliphatic rings. The molecule has 1 heterocycles. The number of rotatable bonds is 4. The summed E-state index contributed by atoms with van der Waals surface area (Å²) < 4.78 is 0. The van der Waals surface area contributed by atoms with Gasteiger partial charge in [-0.3, -0.25) is 4.98 Å². The molecule has 13 heavy (non-hydrogen) atoms. The topological polar surface area (TPSA) is 28.2 Å². The van der Waals surface area contributed by atoms with Crippen LogP contribution in [0.1, 0.15) is 19.5 Å². The van der Waals surface area contributed by atoms with Gasteiger partial charge in [0.25, 0.3) is 0 Å². The molecule has 0 radical (unpaired) electrons. The lowest BCUT2D eigenvalue weighted by molar-refractivity contribution is 0.718. The van der Waals surface area contributed by atoms with Gasteiger partial charge in [-0.1, -0.05) is 6.92 Å². The van der Waals surface area contributed by atoms with Crippen LogP contribution >= 0.6 is 0 Å². The fraction of sp³-hybridized carbons (Fsp3) is 0.500. The highest BCUT2D eigenvalue weighted by molar-refractivity contribution is 5.49. The minimum atomic E-state index is 0.940. The molecule has 1 aromatic heterocycles. The van der Waals surface area contributed by atoms with Crippen molar-refractivity contribution in [1.29, 1.82) is 0 Å². The Hall–Kier alpha value is -1.09. The number of pyridine rings is 1. The number of anilines is 1. The highest BCUT2D eigenvalue weighted by Gasteiger charge is 2.06. The molecule has 0 aliphatic heterocycles. The van der Waals surface area contributed by atoms with Gasteiger partial charge in [0.05, 0.1) is 11.4 Å². The molecule has 0 saturated heterocycles. The zero-order chi connectivity index (χ0) is 9.68. The third kappa shape index (κ3) is 2.18. The van der Waals surface area contributed by atoms with Gasteiger partial charge in [-0.25, -0.2) is 5.43 Å². The minimum absolute atomic E-state index is 0.940. The van der Waals surface area contributed by atoms with Gasteiger partial charge in [0.2, 0.25) is 0 Å². The minimum Gasteiger partial charge on any atom is -0.307 e. The maximum absolute atomic E-state index is 4.33. The van der Waals surface area contributed by atoms with E-state index >= 15 is 0 Å². The van der Waals surface area contributed by atoms with Gasteiger partial charge in [0.1, 0.15) is 0 Å². The van der Waals surface area contributed by atoms with Crippen molar-refractivity contribution < 1.29 is 0 Å². The molecule has 0 atom stereocenters. The van der Waals surface area contributed by atoms with Crippen LogP contribution in [0, 0.1) is 0 Å². The Balaban J connectivity index is 2.96. The number of aromatic nitrogens is 1. The number of hydrazine groups is 1. The SMILES string of the molecule is CCc1ncccc1N(CC)NC. The summed E-state index contributed by atoms with van der Waals surface area (Å²) in [5.74, 6) is 0. The van der Waals surface area contributed by atoms with Crippen LogP contribution in [-0.4, -0.2) is 18.6 Å². The Morgan fingerprint density at radius 3 is 2.77 bits per heavy atom. The zero-order valence-corrected chi connectivity index (χ0v) is 8.54. The third-order valence-corrected chi connectivity index (χ3v) is 2.08. The Kier molecular flexibility index (Phi) is 3.71. The Bertz CT molecular complexity index is 256. The number of hydrogen-bond acceptors (Lipinski definition) is 3. The molecule has 0 spiro atoms. The van der Waals surface area contributed by atoms with Gasteiger partial charge in [-0.2, -0.15) is 0 Å². The highest BCUT2D eigenvalue weighted by Crippen LogP contribution is 2.16. The van der Waals surface area contributed by atoms with Crippen LogP contribution < -0.4 is 10.4 Å². The van der Waals surface area contributed by atoms with Gasteiger partial charge in [-0.05, 0) is 25.5 Å². The number of nitrogens with zero attached hydrogens (tertiary/aromatic N) is 2. The molecule has 1 N–H and O–H groups in total. The molecule has 0 aliphatic carbocycles. The van der Waals surface area contributed by atoms with Crippen molar-refractivity contribution in [2.24, 2.45) is 0 Å². The second-order valence-corrected chi connectivity index (χ2v) is 2.79. The number of aryl methyl sites for hydroxylation is 1. The van der Waals surface area contributed by atoms with Crippen LogP contribution in [0.2, 0.25) is 0 Å². The molecule has 0 amide bonds. The van der Waals surface area contributed by atoms with Crippen LogP contribution in [0.3, 0.4) is 0 Å². The Labute approximate surface area is 79.8 Å². The van der Waals surface area contributed by atoms with E-state index in [0.29, 0.717) is 0 Å². The summed E-state index contributed by atoms with van der Waals surface area (Å²) in [6, 6.07) is 4.06. The first kappa shape index (κ1) is 9.99. The molecule has 3 nitrogen and oxygen atoms in total. The number of nitrogens with one attached hydrogen (secondary N) is 1. The van der Waals surface area contributed by atoms with Crippen molar-refractivity contribution in [2.45, 2.75) is 20.3 Å². The summed E-state index contributed by atoms with van der Waals surface area (Å²) in [7, 11) is 1.93. The lowest BCUT2D eigenvalue weighted by Gasteiger charge is -2.23. The van der Waals surface area contributed by atoms with Crippen LogP contribution in [0.5, 0.6) is 0 Å². The summed E-state index contributed by atoms with van der Waals surface area (Å²) in [4.78, 5) is 4.33. The maximum atomic E-state index is 4.33. The van der Waals surface area contributed by atoms with E-state index in [-0.39, 0.29) is 0 Å². The predicted molar refractivity (Wildman–Crippen MR) is 55.7 cm³/mol. The highest BCUT2D eigenvalue weighted by atomic mass is 15.5. The average Bonchev–Trinajstić information content (AvgIpc) is 2.20. The van der Waals surface area contributed by atoms with Gasteiger partial charge in [0.15, 0.2) is 0 Å². The molecule has 1 aromatic rings. The molecule has 0 unspecified atom stereocenters. The molecule has 0 bridgehead atoms. The van der Waals surface area contributed by atoms with E-state index in [2.05, 4.69) is 35.3 Å².